The van der Waals surface area contributed by atoms with Gasteiger partial charge in [0, 0.05) is 31.5 Å². The monoisotopic (exact) mass is 283 g/mol. The van der Waals surface area contributed by atoms with E-state index in [1.54, 1.807) is 42.8 Å². The molecule has 1 N–H and O–H groups in total. The van der Waals surface area contributed by atoms with E-state index in [9.17, 15) is 4.79 Å². The molecule has 21 heavy (non-hydrogen) atoms. The standard InChI is InChI=1S/C13H13N7O/c1-19(7-10-4-16-17-5-10)13(21)11-2-3-12(15-6-11)20-9-14-8-18-20/h2-6,8-9H,7H2,1H3,(H,16,17). The maximum atomic E-state index is 12.3. The molecule has 3 rings (SSSR count). The number of carbonyl (C=O) groups is 1. The third-order valence-corrected chi connectivity index (χ3v) is 2.97. The minimum Gasteiger partial charge on any atom is -0.337 e. The third-order valence-electron chi connectivity index (χ3n) is 2.97. The second-order valence-electron chi connectivity index (χ2n) is 4.51. The fraction of sp³-hybridized carbons (Fsp3) is 0.154. The highest BCUT2D eigenvalue weighted by Crippen LogP contribution is 2.08. The number of amides is 1. The molecule has 0 unspecified atom stereocenters. The van der Waals surface area contributed by atoms with Crippen LogP contribution in [0.25, 0.3) is 5.82 Å². The Balaban J connectivity index is 1.72. The molecule has 0 atom stereocenters. The number of nitrogens with one attached hydrogen (secondary N) is 1. The average Bonchev–Trinajstić information content (AvgIpc) is 3.20. The number of carbonyl (C=O) groups excluding carboxylic acids is 1. The highest BCUT2D eigenvalue weighted by Gasteiger charge is 2.13. The number of pyridine rings is 1. The molecule has 3 aromatic heterocycles. The van der Waals surface area contributed by atoms with Crippen LogP contribution in [-0.2, 0) is 6.54 Å². The van der Waals surface area contributed by atoms with Gasteiger partial charge in [0.2, 0.25) is 0 Å². The first-order valence-corrected chi connectivity index (χ1v) is 6.28. The maximum absolute atomic E-state index is 12.3. The van der Waals surface area contributed by atoms with Gasteiger partial charge in [0.1, 0.15) is 12.7 Å². The van der Waals surface area contributed by atoms with Crippen LogP contribution in [0.5, 0.6) is 0 Å². The average molecular weight is 283 g/mol. The summed E-state index contributed by atoms with van der Waals surface area (Å²) in [5.74, 6) is 0.510. The highest BCUT2D eigenvalue weighted by molar-refractivity contribution is 5.93. The number of hydrogen-bond donors (Lipinski definition) is 1. The molecule has 0 aromatic carbocycles. The fourth-order valence-electron chi connectivity index (χ4n) is 1.90. The minimum atomic E-state index is -0.103. The zero-order valence-corrected chi connectivity index (χ0v) is 11.3. The predicted octanol–water partition coefficient (Wildman–Crippen LogP) is 0.658. The first-order chi connectivity index (χ1) is 10.2. The van der Waals surface area contributed by atoms with Crippen LogP contribution in [0.3, 0.4) is 0 Å². The quantitative estimate of drug-likeness (QED) is 0.759. The van der Waals surface area contributed by atoms with E-state index in [2.05, 4.69) is 25.3 Å². The molecule has 1 amide bonds. The van der Waals surface area contributed by atoms with Crippen molar-refractivity contribution in [1.82, 2.24) is 34.8 Å². The van der Waals surface area contributed by atoms with Gasteiger partial charge in [0.15, 0.2) is 5.82 Å². The first kappa shape index (κ1) is 13.0. The Labute approximate surface area is 120 Å². The summed E-state index contributed by atoms with van der Waals surface area (Å²) < 4.78 is 1.53. The second-order valence-corrected chi connectivity index (χ2v) is 4.51. The van der Waals surface area contributed by atoms with Gasteiger partial charge in [-0.1, -0.05) is 0 Å². The molecule has 106 valence electrons. The van der Waals surface area contributed by atoms with E-state index in [4.69, 9.17) is 0 Å². The van der Waals surface area contributed by atoms with Gasteiger partial charge in [-0.15, -0.1) is 0 Å². The van der Waals surface area contributed by atoms with Gasteiger partial charge < -0.3 is 4.90 Å². The van der Waals surface area contributed by atoms with E-state index >= 15 is 0 Å². The third kappa shape index (κ3) is 2.78. The molecule has 8 heteroatoms. The van der Waals surface area contributed by atoms with E-state index in [0.717, 1.165) is 5.56 Å². The van der Waals surface area contributed by atoms with Crippen molar-refractivity contribution in [1.29, 1.82) is 0 Å². The lowest BCUT2D eigenvalue weighted by Gasteiger charge is -2.16. The van der Waals surface area contributed by atoms with Crippen molar-refractivity contribution in [2.24, 2.45) is 0 Å². The zero-order valence-electron chi connectivity index (χ0n) is 11.3. The molecule has 0 saturated carbocycles. The van der Waals surface area contributed by atoms with Crippen LogP contribution in [0.1, 0.15) is 15.9 Å². The number of hydrogen-bond acceptors (Lipinski definition) is 5. The fourth-order valence-corrected chi connectivity index (χ4v) is 1.90. The Kier molecular flexibility index (Phi) is 3.42. The summed E-state index contributed by atoms with van der Waals surface area (Å²) in [5, 5.41) is 10.6. The topological polar surface area (TPSA) is 92.6 Å². The van der Waals surface area contributed by atoms with Crippen LogP contribution in [0, 0.1) is 0 Å². The Morgan fingerprint density at radius 1 is 1.38 bits per heavy atom. The molecule has 0 aliphatic heterocycles. The van der Waals surface area contributed by atoms with Gasteiger partial charge in [-0.05, 0) is 12.1 Å². The molecule has 0 saturated heterocycles. The van der Waals surface area contributed by atoms with E-state index in [1.165, 1.54) is 17.2 Å². The van der Waals surface area contributed by atoms with Crippen LogP contribution in [0.4, 0.5) is 0 Å². The molecular weight excluding hydrogens is 270 g/mol. The molecule has 0 radical (unpaired) electrons. The van der Waals surface area contributed by atoms with Gasteiger partial charge in [0.05, 0.1) is 11.8 Å². The maximum Gasteiger partial charge on any atom is 0.255 e. The molecule has 0 aliphatic carbocycles. The zero-order chi connectivity index (χ0) is 14.7. The molecule has 0 aliphatic rings. The van der Waals surface area contributed by atoms with Crippen molar-refractivity contribution in [3.8, 4) is 5.82 Å². The number of aromatic amines is 1. The van der Waals surface area contributed by atoms with E-state index in [0.29, 0.717) is 17.9 Å². The Bertz CT molecular complexity index is 704. The van der Waals surface area contributed by atoms with E-state index in [-0.39, 0.29) is 5.91 Å². The Hall–Kier alpha value is -3.03. The van der Waals surface area contributed by atoms with Crippen LogP contribution < -0.4 is 0 Å². The van der Waals surface area contributed by atoms with Crippen LogP contribution >= 0.6 is 0 Å². The largest absolute Gasteiger partial charge is 0.337 e. The SMILES string of the molecule is CN(Cc1cn[nH]c1)C(=O)c1ccc(-n2cncn2)nc1. The summed E-state index contributed by atoms with van der Waals surface area (Å²) >= 11 is 0. The summed E-state index contributed by atoms with van der Waals surface area (Å²) in [4.78, 5) is 22.0. The van der Waals surface area contributed by atoms with Gasteiger partial charge in [-0.3, -0.25) is 9.89 Å². The van der Waals surface area contributed by atoms with Crippen molar-refractivity contribution < 1.29 is 4.79 Å². The number of rotatable bonds is 4. The summed E-state index contributed by atoms with van der Waals surface area (Å²) in [6.07, 6.45) is 7.96. The molecule has 3 heterocycles. The van der Waals surface area contributed by atoms with E-state index < -0.39 is 0 Å². The number of nitrogens with zero attached hydrogens (tertiary/aromatic N) is 6. The summed E-state index contributed by atoms with van der Waals surface area (Å²) in [6.45, 7) is 0.486. The molecule has 0 fully saturated rings. The first-order valence-electron chi connectivity index (χ1n) is 6.28. The van der Waals surface area contributed by atoms with Crippen LogP contribution in [-0.4, -0.2) is 47.8 Å². The van der Waals surface area contributed by atoms with Gasteiger partial charge in [-0.2, -0.15) is 10.2 Å². The lowest BCUT2D eigenvalue weighted by atomic mass is 10.2. The van der Waals surface area contributed by atoms with Crippen molar-refractivity contribution in [2.45, 2.75) is 6.54 Å². The lowest BCUT2D eigenvalue weighted by Crippen LogP contribution is -2.26. The Morgan fingerprint density at radius 3 is 2.90 bits per heavy atom. The smallest absolute Gasteiger partial charge is 0.255 e. The summed E-state index contributed by atoms with van der Waals surface area (Å²) in [6, 6.07) is 3.45. The van der Waals surface area contributed by atoms with Crippen molar-refractivity contribution in [3.05, 3.63) is 54.5 Å². The van der Waals surface area contributed by atoms with Gasteiger partial charge in [-0.25, -0.2) is 14.6 Å². The molecule has 8 nitrogen and oxygen atoms in total. The summed E-state index contributed by atoms with van der Waals surface area (Å²) in [5.41, 5.74) is 1.46. The minimum absolute atomic E-state index is 0.103. The molecule has 3 aromatic rings. The number of aromatic nitrogens is 6. The predicted molar refractivity (Wildman–Crippen MR) is 73.5 cm³/mol. The molecule has 0 spiro atoms. The normalized spacial score (nSPS) is 10.5. The van der Waals surface area contributed by atoms with Crippen molar-refractivity contribution >= 4 is 5.91 Å². The second kappa shape index (κ2) is 5.53. The van der Waals surface area contributed by atoms with Crippen molar-refractivity contribution in [3.63, 3.8) is 0 Å². The molecule has 0 bridgehead atoms. The molecular formula is C13H13N7O. The highest BCUT2D eigenvalue weighted by atomic mass is 16.2. The van der Waals surface area contributed by atoms with Crippen molar-refractivity contribution in [2.75, 3.05) is 7.05 Å². The van der Waals surface area contributed by atoms with Crippen LogP contribution in [0.15, 0.2) is 43.4 Å². The van der Waals surface area contributed by atoms with E-state index in [1.807, 2.05) is 0 Å². The van der Waals surface area contributed by atoms with Crippen LogP contribution in [0.2, 0.25) is 0 Å². The Morgan fingerprint density at radius 2 is 2.29 bits per heavy atom. The summed E-state index contributed by atoms with van der Waals surface area (Å²) in [7, 11) is 1.74. The van der Waals surface area contributed by atoms with Gasteiger partial charge >= 0.3 is 0 Å². The number of H-pyrrole nitrogens is 1. The lowest BCUT2D eigenvalue weighted by molar-refractivity contribution is 0.0784. The van der Waals surface area contributed by atoms with Gasteiger partial charge in [0.25, 0.3) is 5.91 Å².